The molecule has 9 aromatic rings. The van der Waals surface area contributed by atoms with Gasteiger partial charge in [0.2, 0.25) is 19.0 Å². The number of benzene rings is 2. The third kappa shape index (κ3) is 20.3. The number of aromatic nitrogens is 21. The Balaban J connectivity index is 0.000000257. The second kappa shape index (κ2) is 27.1. The van der Waals surface area contributed by atoms with Gasteiger partial charge in [-0.25, -0.2) is 27.9 Å². The van der Waals surface area contributed by atoms with Crippen LogP contribution in [-0.4, -0.2) is 125 Å². The van der Waals surface area contributed by atoms with E-state index in [4.69, 9.17) is 26.1 Å². The standard InChI is InChI=1S/C9H8N2.C7H6N2.C5H2N4.C2H2N4O2.2C2H4N4.CHF3O3S.CHN5O2/c1-2-4-9(5-3-1)11-7-6-10-8-11;1-2-4-7-6(3-1)8-5-9-7;1-6-4-5(7-2)9-3-8-4;7-6(8)2-3-1-4-5-2;2*1-2-3-5-6-4-2;2-1(3,4)8(5,6)7;7-6(8)1-2-4-5-3-1/h1-8H;1-5H,(H,8,9);3H,(H,8,9);1H,(H,3,4,5);2*1H3,(H,3,4,5,6);(H,5,6,7);(H,2,3,4,5)/p+1. The number of tetrazole rings is 3. The molecule has 0 atom stereocenters. The number of hydrogen-bond acceptors (Lipinski definition) is 19. The Hall–Kier alpha value is -9.84. The maximum atomic E-state index is 10.7. The minimum atomic E-state index is -6.09. The molecule has 36 heteroatoms. The van der Waals surface area contributed by atoms with Crippen LogP contribution in [0.2, 0.25) is 0 Å². The highest BCUT2D eigenvalue weighted by Gasteiger charge is 2.36. The third-order valence-corrected chi connectivity index (χ3v) is 6.62. The molecule has 0 saturated carbocycles. The minimum Gasteiger partial charge on any atom is -0.741 e. The predicted molar refractivity (Wildman–Crippen MR) is 206 cm³/mol. The van der Waals surface area contributed by atoms with Crippen molar-refractivity contribution in [1.29, 1.82) is 0 Å². The van der Waals surface area contributed by atoms with Gasteiger partial charge in [0, 0.05) is 10.3 Å². The van der Waals surface area contributed by atoms with E-state index in [0.717, 1.165) is 17.4 Å². The summed E-state index contributed by atoms with van der Waals surface area (Å²) in [5, 5.41) is 61.2. The lowest BCUT2D eigenvalue weighted by atomic mass is 10.3. The molecule has 32 nitrogen and oxygen atoms in total. The van der Waals surface area contributed by atoms with Gasteiger partial charge < -0.3 is 34.5 Å². The predicted octanol–water partition coefficient (Wildman–Crippen LogP) is 1.67. The van der Waals surface area contributed by atoms with Crippen LogP contribution in [-0.2, 0) is 10.1 Å². The van der Waals surface area contributed by atoms with Crippen LogP contribution in [0.15, 0.2) is 92.3 Å². The van der Waals surface area contributed by atoms with E-state index in [1.54, 1.807) is 13.8 Å². The van der Waals surface area contributed by atoms with Gasteiger partial charge in [0.05, 0.1) is 5.10 Å². The zero-order valence-electron chi connectivity index (χ0n) is 32.7. The Morgan fingerprint density at radius 1 is 0.815 bits per heavy atom. The fourth-order valence-electron chi connectivity index (χ4n) is 3.37. The number of aryl methyl sites for hydroxylation is 2. The number of nitrogens with zero attached hydrogens (tertiary/aromatic N) is 17. The molecule has 0 saturated heterocycles. The quantitative estimate of drug-likeness (QED) is 0.0331. The van der Waals surface area contributed by atoms with Gasteiger partial charge >= 0.3 is 17.4 Å². The Kier molecular flexibility index (Phi) is 21.4. The molecule has 7 aromatic heterocycles. The Morgan fingerprint density at radius 2 is 1.42 bits per heavy atom. The maximum Gasteiger partial charge on any atom is 0.514 e. The average molecular weight is 929 g/mol. The largest absolute Gasteiger partial charge is 0.741 e. The van der Waals surface area contributed by atoms with Crippen molar-refractivity contribution in [2.45, 2.75) is 19.4 Å². The topological polar surface area (TPSA) is 435 Å². The van der Waals surface area contributed by atoms with Crippen LogP contribution in [0.3, 0.4) is 0 Å². The van der Waals surface area contributed by atoms with Crippen molar-refractivity contribution in [3.05, 3.63) is 147 Å². The molecule has 0 aliphatic rings. The number of imidazole rings is 3. The van der Waals surface area contributed by atoms with E-state index in [-0.39, 0.29) is 17.6 Å². The van der Waals surface area contributed by atoms with Crippen molar-refractivity contribution >= 4 is 44.7 Å². The minimum absolute atomic E-state index is 0.144. The number of alkyl halides is 3. The van der Waals surface area contributed by atoms with Crippen LogP contribution < -0.4 is 9.55 Å². The number of rotatable bonds is 3. The number of nitro groups is 2. The average Bonchev–Trinajstić information content (AvgIpc) is 4.14. The zero-order chi connectivity index (χ0) is 48.1. The molecule has 7 heterocycles. The summed E-state index contributed by atoms with van der Waals surface area (Å²) in [5.41, 5.74) is -2.17. The van der Waals surface area contributed by atoms with Crippen LogP contribution in [0, 0.1) is 47.2 Å². The molecule has 0 spiro atoms. The number of aromatic amines is 8. The molecule has 0 unspecified atom stereocenters. The molecule has 9 rings (SSSR count). The molecule has 65 heavy (non-hydrogen) atoms. The second-order valence-electron chi connectivity index (χ2n) is 10.5. The summed E-state index contributed by atoms with van der Waals surface area (Å²) in [5.74, 6) is 0.870. The highest BCUT2D eigenvalue weighted by molar-refractivity contribution is 7.86. The normalized spacial score (nSPS) is 9.72. The summed E-state index contributed by atoms with van der Waals surface area (Å²) in [6, 6.07) is 18.3. The number of nitrogens with one attached hydrogen (secondary N) is 8. The Bertz CT molecular complexity index is 2710. The summed E-state index contributed by atoms with van der Waals surface area (Å²) in [6.07, 6.45) is 10.0. The number of H-pyrrole nitrogens is 8. The molecule has 8 N–H and O–H groups in total. The SMILES string of the molecule is Cc1nn[nH]n1.Cc1nn[nH]n1.O=S(=O)([O-])C(F)(F)F.O=[N+]([O-])c1ncn[nH]1.O=[N+]([O-])c1nn[nH]n1.[C-]#[N+]c1nc[nH]c1[N+]#[C-].c1ccc(-[n+]2cc[nH]c2)cc1.c1ccc2[nH+]c[nH]c2c1. The lowest BCUT2D eigenvalue weighted by Crippen LogP contribution is -2.26. The van der Waals surface area contributed by atoms with Gasteiger partial charge in [0.1, 0.15) is 18.1 Å². The lowest BCUT2D eigenvalue weighted by Gasteiger charge is -2.08. The highest BCUT2D eigenvalue weighted by atomic mass is 32.2. The smallest absolute Gasteiger partial charge is 0.514 e. The molecular formula is C29H29F3N25O7S+. The Labute approximate surface area is 358 Å². The molecule has 0 aliphatic heterocycles. The molecular weight excluding hydrogens is 900 g/mol. The molecule has 0 bridgehead atoms. The van der Waals surface area contributed by atoms with E-state index < -0.39 is 31.4 Å². The first-order chi connectivity index (χ1) is 31.0. The van der Waals surface area contributed by atoms with Crippen molar-refractivity contribution in [2.24, 2.45) is 0 Å². The summed E-state index contributed by atoms with van der Waals surface area (Å²) in [4.78, 5) is 42.5. The van der Waals surface area contributed by atoms with Crippen molar-refractivity contribution in [3.63, 3.8) is 0 Å². The van der Waals surface area contributed by atoms with Gasteiger partial charge in [-0.15, -0.1) is 25.5 Å². The van der Waals surface area contributed by atoms with E-state index in [1.807, 2.05) is 77.3 Å². The van der Waals surface area contributed by atoms with Crippen LogP contribution >= 0.6 is 0 Å². The fraction of sp³-hybridized carbons (Fsp3) is 0.103. The summed E-state index contributed by atoms with van der Waals surface area (Å²) >= 11 is 0. The number of hydrogen-bond donors (Lipinski definition) is 7. The van der Waals surface area contributed by atoms with E-state index in [9.17, 15) is 33.4 Å². The molecule has 0 aliphatic carbocycles. The third-order valence-electron chi connectivity index (χ3n) is 6.06. The van der Waals surface area contributed by atoms with Gasteiger partial charge in [-0.3, -0.25) is 4.98 Å². The van der Waals surface area contributed by atoms with Crippen molar-refractivity contribution in [2.75, 3.05) is 0 Å². The highest BCUT2D eigenvalue weighted by Crippen LogP contribution is 2.21. The van der Waals surface area contributed by atoms with Gasteiger partial charge in [0.15, 0.2) is 32.8 Å². The maximum absolute atomic E-state index is 10.7. The molecule has 0 radical (unpaired) electrons. The van der Waals surface area contributed by atoms with Gasteiger partial charge in [-0.2, -0.15) is 23.6 Å². The van der Waals surface area contributed by atoms with Crippen molar-refractivity contribution in [3.8, 4) is 5.69 Å². The summed E-state index contributed by atoms with van der Waals surface area (Å²) < 4.78 is 60.9. The lowest BCUT2D eigenvalue weighted by molar-refractivity contribution is -0.594. The van der Waals surface area contributed by atoms with E-state index in [0.29, 0.717) is 11.6 Å². The molecule has 0 amide bonds. The number of para-hydroxylation sites is 3. The fourth-order valence-corrected chi connectivity index (χ4v) is 3.37. The monoisotopic (exact) mass is 928 g/mol. The van der Waals surface area contributed by atoms with Crippen LogP contribution in [0.1, 0.15) is 11.6 Å². The van der Waals surface area contributed by atoms with Gasteiger partial charge in [0.25, 0.3) is 18.0 Å². The van der Waals surface area contributed by atoms with Crippen LogP contribution in [0.4, 0.5) is 36.7 Å². The molecule has 2 aromatic carbocycles. The first-order valence-corrected chi connectivity index (χ1v) is 18.0. The molecule has 338 valence electrons. The van der Waals surface area contributed by atoms with E-state index in [2.05, 4.69) is 119 Å². The van der Waals surface area contributed by atoms with E-state index in [1.165, 1.54) is 12.0 Å². The molecule has 0 fully saturated rings. The van der Waals surface area contributed by atoms with Crippen LogP contribution in [0.5, 0.6) is 0 Å². The Morgan fingerprint density at radius 3 is 1.78 bits per heavy atom. The van der Waals surface area contributed by atoms with Gasteiger partial charge in [-0.05, 0) is 48.0 Å². The summed E-state index contributed by atoms with van der Waals surface area (Å²) in [6.45, 7) is 16.6. The number of halogens is 3. The number of fused-ring (bicyclic) bond motifs is 1. The zero-order valence-corrected chi connectivity index (χ0v) is 33.5. The second-order valence-corrected chi connectivity index (χ2v) is 11.9. The van der Waals surface area contributed by atoms with Crippen LogP contribution in [0.25, 0.3) is 26.4 Å². The van der Waals surface area contributed by atoms with Crippen molar-refractivity contribution in [1.82, 2.24) is 97.0 Å². The first kappa shape index (κ1) is 51.3. The van der Waals surface area contributed by atoms with E-state index >= 15 is 0 Å². The van der Waals surface area contributed by atoms with Crippen molar-refractivity contribution < 1.29 is 45.5 Å². The first-order valence-electron chi connectivity index (χ1n) is 16.6. The summed E-state index contributed by atoms with van der Waals surface area (Å²) in [7, 11) is -6.09. The van der Waals surface area contributed by atoms with Gasteiger partial charge in [-0.1, -0.05) is 74.2 Å².